The lowest BCUT2D eigenvalue weighted by Crippen LogP contribution is -2.47. The molecule has 1 aliphatic carbocycles. The number of alkyl carbamates (subject to hydrolysis) is 1. The van der Waals surface area contributed by atoms with Gasteiger partial charge >= 0.3 is 6.09 Å². The molecule has 1 aliphatic rings. The average molecular weight is 294 g/mol. The van der Waals surface area contributed by atoms with E-state index in [2.05, 4.69) is 10.6 Å². The van der Waals surface area contributed by atoms with Crippen LogP contribution < -0.4 is 10.6 Å². The van der Waals surface area contributed by atoms with E-state index in [0.29, 0.717) is 6.54 Å². The van der Waals surface area contributed by atoms with Crippen LogP contribution in [0.1, 0.15) is 51.4 Å². The summed E-state index contributed by atoms with van der Waals surface area (Å²) in [4.78, 5) is 11.9. The Labute approximate surface area is 126 Å². The summed E-state index contributed by atoms with van der Waals surface area (Å²) < 4.78 is 10.8. The molecule has 0 saturated heterocycles. The van der Waals surface area contributed by atoms with Crippen molar-refractivity contribution in [2.24, 2.45) is 0 Å². The van der Waals surface area contributed by atoms with Gasteiger partial charge in [-0.05, 0) is 58.6 Å². The molecule has 5 heteroatoms. The molecular formula is C16H26N2O3. The second kappa shape index (κ2) is 6.52. The Morgan fingerprint density at radius 1 is 1.38 bits per heavy atom. The standard InChI is InChI=1S/C16H26N2O3/c1-11-8-9-20-14(11)10-17-12-6-5-7-13(12)18-15(19)21-16(2,3)4/h8-9,12-13,17H,5-7,10H2,1-4H3,(H,18,19). The van der Waals surface area contributed by atoms with E-state index >= 15 is 0 Å². The Morgan fingerprint density at radius 2 is 2.10 bits per heavy atom. The summed E-state index contributed by atoms with van der Waals surface area (Å²) in [5.74, 6) is 0.956. The minimum Gasteiger partial charge on any atom is -0.468 e. The molecule has 2 N–H and O–H groups in total. The Kier molecular flexibility index (Phi) is 4.93. The second-order valence-corrected chi connectivity index (χ2v) is 6.70. The van der Waals surface area contributed by atoms with E-state index < -0.39 is 5.60 Å². The molecule has 0 aliphatic heterocycles. The summed E-state index contributed by atoms with van der Waals surface area (Å²) in [5, 5.41) is 6.46. The zero-order valence-corrected chi connectivity index (χ0v) is 13.4. The minimum atomic E-state index is -0.461. The lowest BCUT2D eigenvalue weighted by Gasteiger charge is -2.25. The molecule has 1 heterocycles. The molecule has 0 radical (unpaired) electrons. The summed E-state index contributed by atoms with van der Waals surface area (Å²) in [6, 6.07) is 2.35. The van der Waals surface area contributed by atoms with Crippen molar-refractivity contribution in [3.63, 3.8) is 0 Å². The van der Waals surface area contributed by atoms with E-state index in [1.165, 1.54) is 0 Å². The summed E-state index contributed by atoms with van der Waals surface area (Å²) in [5.41, 5.74) is 0.689. The van der Waals surface area contributed by atoms with Crippen molar-refractivity contribution in [3.8, 4) is 0 Å². The zero-order chi connectivity index (χ0) is 15.5. The van der Waals surface area contributed by atoms with E-state index in [1.807, 2.05) is 33.8 Å². The van der Waals surface area contributed by atoms with Crippen molar-refractivity contribution in [2.75, 3.05) is 0 Å². The van der Waals surface area contributed by atoms with Gasteiger partial charge in [-0.2, -0.15) is 0 Å². The summed E-state index contributed by atoms with van der Waals surface area (Å²) in [6.07, 6.45) is 4.51. The predicted octanol–water partition coefficient (Wildman–Crippen LogP) is 3.12. The van der Waals surface area contributed by atoms with Crippen LogP contribution in [0.2, 0.25) is 0 Å². The van der Waals surface area contributed by atoms with Gasteiger partial charge in [0.2, 0.25) is 0 Å². The molecule has 1 aromatic rings. The summed E-state index contributed by atoms with van der Waals surface area (Å²) in [6.45, 7) is 8.34. The monoisotopic (exact) mass is 294 g/mol. The Hall–Kier alpha value is -1.49. The van der Waals surface area contributed by atoms with Gasteiger partial charge in [0.05, 0.1) is 12.8 Å². The minimum absolute atomic E-state index is 0.120. The lowest BCUT2D eigenvalue weighted by molar-refractivity contribution is 0.0498. The molecule has 2 atom stereocenters. The fraction of sp³-hybridized carbons (Fsp3) is 0.688. The molecule has 5 nitrogen and oxygen atoms in total. The van der Waals surface area contributed by atoms with Crippen molar-refractivity contribution in [3.05, 3.63) is 23.7 Å². The van der Waals surface area contributed by atoms with Crippen LogP contribution in [-0.2, 0) is 11.3 Å². The number of amides is 1. The van der Waals surface area contributed by atoms with Gasteiger partial charge in [0, 0.05) is 12.1 Å². The fourth-order valence-corrected chi connectivity index (χ4v) is 2.65. The number of rotatable bonds is 4. The molecule has 2 unspecified atom stereocenters. The van der Waals surface area contributed by atoms with Gasteiger partial charge in [-0.25, -0.2) is 4.79 Å². The molecule has 1 fully saturated rings. The predicted molar refractivity (Wildman–Crippen MR) is 81.1 cm³/mol. The van der Waals surface area contributed by atoms with Crippen molar-refractivity contribution in [1.29, 1.82) is 0 Å². The van der Waals surface area contributed by atoms with E-state index in [-0.39, 0.29) is 18.2 Å². The van der Waals surface area contributed by atoms with Gasteiger partial charge in [0.25, 0.3) is 0 Å². The highest BCUT2D eigenvalue weighted by Gasteiger charge is 2.30. The third-order valence-corrected chi connectivity index (χ3v) is 3.71. The summed E-state index contributed by atoms with van der Waals surface area (Å²) >= 11 is 0. The highest BCUT2D eigenvalue weighted by atomic mass is 16.6. The number of hydrogen-bond donors (Lipinski definition) is 2. The van der Waals surface area contributed by atoms with Crippen LogP contribution >= 0.6 is 0 Å². The zero-order valence-electron chi connectivity index (χ0n) is 13.4. The number of nitrogens with one attached hydrogen (secondary N) is 2. The Balaban J connectivity index is 1.83. The number of furan rings is 1. The van der Waals surface area contributed by atoms with Crippen LogP contribution in [0.25, 0.3) is 0 Å². The van der Waals surface area contributed by atoms with Gasteiger partial charge in [-0.15, -0.1) is 0 Å². The normalized spacial score (nSPS) is 22.3. The average Bonchev–Trinajstić information content (AvgIpc) is 2.93. The fourth-order valence-electron chi connectivity index (χ4n) is 2.65. The molecule has 1 saturated carbocycles. The molecule has 2 rings (SSSR count). The van der Waals surface area contributed by atoms with Crippen LogP contribution in [0.3, 0.4) is 0 Å². The number of carbonyl (C=O) groups excluding carboxylic acids is 1. The number of carbonyl (C=O) groups is 1. The topological polar surface area (TPSA) is 63.5 Å². The van der Waals surface area contributed by atoms with Gasteiger partial charge in [0.15, 0.2) is 0 Å². The summed E-state index contributed by atoms with van der Waals surface area (Å²) in [7, 11) is 0. The SMILES string of the molecule is Cc1ccoc1CNC1CCCC1NC(=O)OC(C)(C)C. The Bertz CT molecular complexity index is 476. The van der Waals surface area contributed by atoms with E-state index in [9.17, 15) is 4.79 Å². The van der Waals surface area contributed by atoms with Crippen LogP contribution in [-0.4, -0.2) is 23.8 Å². The molecular weight excluding hydrogens is 268 g/mol. The van der Waals surface area contributed by atoms with Gasteiger partial charge in [0.1, 0.15) is 11.4 Å². The van der Waals surface area contributed by atoms with E-state index in [1.54, 1.807) is 6.26 Å². The maximum absolute atomic E-state index is 11.9. The highest BCUT2D eigenvalue weighted by molar-refractivity contribution is 5.68. The second-order valence-electron chi connectivity index (χ2n) is 6.70. The van der Waals surface area contributed by atoms with E-state index in [0.717, 1.165) is 30.6 Å². The first-order valence-electron chi connectivity index (χ1n) is 7.61. The van der Waals surface area contributed by atoms with E-state index in [4.69, 9.17) is 9.15 Å². The van der Waals surface area contributed by atoms with Crippen LogP contribution in [0, 0.1) is 6.92 Å². The maximum atomic E-state index is 11.9. The van der Waals surface area contributed by atoms with Crippen LogP contribution in [0.5, 0.6) is 0 Å². The number of aryl methyl sites for hydroxylation is 1. The molecule has 1 aromatic heterocycles. The number of ether oxygens (including phenoxy) is 1. The number of hydrogen-bond acceptors (Lipinski definition) is 4. The smallest absolute Gasteiger partial charge is 0.407 e. The third-order valence-electron chi connectivity index (χ3n) is 3.71. The molecule has 21 heavy (non-hydrogen) atoms. The van der Waals surface area contributed by atoms with Crippen LogP contribution in [0.15, 0.2) is 16.7 Å². The molecule has 0 bridgehead atoms. The van der Waals surface area contributed by atoms with Crippen molar-refractivity contribution in [2.45, 2.75) is 71.2 Å². The Morgan fingerprint density at radius 3 is 2.71 bits per heavy atom. The van der Waals surface area contributed by atoms with Gasteiger partial charge in [-0.3, -0.25) is 0 Å². The third kappa shape index (κ3) is 4.77. The quantitative estimate of drug-likeness (QED) is 0.895. The largest absolute Gasteiger partial charge is 0.468 e. The van der Waals surface area contributed by atoms with Crippen molar-refractivity contribution < 1.29 is 13.9 Å². The van der Waals surface area contributed by atoms with Gasteiger partial charge in [-0.1, -0.05) is 0 Å². The highest BCUT2D eigenvalue weighted by Crippen LogP contribution is 2.21. The molecule has 1 amide bonds. The first kappa shape index (κ1) is 15.9. The van der Waals surface area contributed by atoms with Crippen LogP contribution in [0.4, 0.5) is 4.79 Å². The maximum Gasteiger partial charge on any atom is 0.407 e. The lowest BCUT2D eigenvalue weighted by atomic mass is 10.1. The molecule has 0 aromatic carbocycles. The van der Waals surface area contributed by atoms with Gasteiger partial charge < -0.3 is 19.8 Å². The first-order chi connectivity index (χ1) is 9.85. The first-order valence-corrected chi connectivity index (χ1v) is 7.61. The van der Waals surface area contributed by atoms with Crippen molar-refractivity contribution in [1.82, 2.24) is 10.6 Å². The molecule has 118 valence electrons. The van der Waals surface area contributed by atoms with Crippen molar-refractivity contribution >= 4 is 6.09 Å². The molecule has 0 spiro atoms.